The van der Waals surface area contributed by atoms with Crippen LogP contribution in [0.2, 0.25) is 0 Å². The van der Waals surface area contributed by atoms with Crippen LogP contribution < -0.4 is 0 Å². The van der Waals surface area contributed by atoms with Crippen molar-refractivity contribution in [1.29, 1.82) is 0 Å². The number of nitrogens with zero attached hydrogens (tertiary/aromatic N) is 2. The van der Waals surface area contributed by atoms with E-state index >= 15 is 0 Å². The van der Waals surface area contributed by atoms with E-state index in [1.54, 1.807) is 12.1 Å². The summed E-state index contributed by atoms with van der Waals surface area (Å²) in [6, 6.07) is 6.94. The van der Waals surface area contributed by atoms with Gasteiger partial charge >= 0.3 is 0 Å². The minimum absolute atomic E-state index is 0.163. The molecule has 0 bridgehead atoms. The maximum Gasteiger partial charge on any atom is 0.243 e. The van der Waals surface area contributed by atoms with Crippen LogP contribution in [0.3, 0.4) is 0 Å². The van der Waals surface area contributed by atoms with E-state index in [-0.39, 0.29) is 5.91 Å². The van der Waals surface area contributed by atoms with E-state index in [1.807, 2.05) is 45.5 Å². The Balaban J connectivity index is 1.42. The molecule has 3 rings (SSSR count). The Morgan fingerprint density at radius 3 is 2.44 bits per heavy atom. The lowest BCUT2D eigenvalue weighted by Crippen LogP contribution is -2.50. The van der Waals surface area contributed by atoms with Gasteiger partial charge in [0.25, 0.3) is 0 Å². The van der Waals surface area contributed by atoms with Crippen LogP contribution in [-0.4, -0.2) is 60.7 Å². The third kappa shape index (κ3) is 5.65. The second-order valence-corrected chi connectivity index (χ2v) is 11.9. The molecule has 27 heavy (non-hydrogen) atoms. The highest BCUT2D eigenvalue weighted by atomic mass is 33.1. The molecule has 2 heterocycles. The average Bonchev–Trinajstić information content (AvgIpc) is 3.19. The Morgan fingerprint density at radius 2 is 1.81 bits per heavy atom. The standard InChI is InChI=1S/C19H28N2O3S3/c1-16-6-8-18(9-7-16)27(23,24)21-13-11-20(12-14-21)19(22)5-3-2-4-17-10-15-25-26-17/h6-9,17H,2-5,10-15H2,1H3. The highest BCUT2D eigenvalue weighted by molar-refractivity contribution is 8.77. The Morgan fingerprint density at radius 1 is 1.11 bits per heavy atom. The van der Waals surface area contributed by atoms with Crippen molar-refractivity contribution in [3.05, 3.63) is 29.8 Å². The highest BCUT2D eigenvalue weighted by Gasteiger charge is 2.29. The Bertz CT molecular complexity index is 723. The van der Waals surface area contributed by atoms with Crippen LogP contribution in [-0.2, 0) is 14.8 Å². The molecule has 0 radical (unpaired) electrons. The number of aryl methyl sites for hydroxylation is 1. The number of hydrogen-bond donors (Lipinski definition) is 0. The van der Waals surface area contributed by atoms with E-state index in [4.69, 9.17) is 0 Å². The summed E-state index contributed by atoms with van der Waals surface area (Å²) in [4.78, 5) is 14.6. The average molecular weight is 429 g/mol. The van der Waals surface area contributed by atoms with Crippen LogP contribution in [0.25, 0.3) is 0 Å². The van der Waals surface area contributed by atoms with Crippen LogP contribution in [0.4, 0.5) is 0 Å². The molecule has 8 heteroatoms. The Kier molecular flexibility index (Phi) is 7.53. The van der Waals surface area contributed by atoms with Crippen molar-refractivity contribution >= 4 is 37.5 Å². The first kappa shape index (κ1) is 21.0. The van der Waals surface area contributed by atoms with E-state index < -0.39 is 10.0 Å². The van der Waals surface area contributed by atoms with Gasteiger partial charge in [-0.1, -0.05) is 45.7 Å². The molecular formula is C19H28N2O3S3. The summed E-state index contributed by atoms with van der Waals surface area (Å²) < 4.78 is 27.0. The zero-order chi connectivity index (χ0) is 19.3. The molecule has 150 valence electrons. The SMILES string of the molecule is Cc1ccc(S(=O)(=O)N2CCN(C(=O)CCCCC3CCSS3)CC2)cc1. The smallest absolute Gasteiger partial charge is 0.243 e. The van der Waals surface area contributed by atoms with Crippen molar-refractivity contribution < 1.29 is 13.2 Å². The lowest BCUT2D eigenvalue weighted by molar-refractivity contribution is -0.132. The van der Waals surface area contributed by atoms with Crippen LogP contribution in [0, 0.1) is 6.92 Å². The number of rotatable bonds is 7. The lowest BCUT2D eigenvalue weighted by atomic mass is 10.1. The van der Waals surface area contributed by atoms with Crippen LogP contribution in [0.15, 0.2) is 29.2 Å². The largest absolute Gasteiger partial charge is 0.340 e. The minimum Gasteiger partial charge on any atom is -0.340 e. The molecule has 0 aliphatic carbocycles. The molecule has 0 N–H and O–H groups in total. The van der Waals surface area contributed by atoms with E-state index in [1.165, 1.54) is 22.9 Å². The number of carbonyl (C=O) groups is 1. The molecule has 2 saturated heterocycles. The monoisotopic (exact) mass is 428 g/mol. The second-order valence-electron chi connectivity index (χ2n) is 7.17. The molecule has 1 unspecified atom stereocenters. The van der Waals surface area contributed by atoms with Crippen LogP contribution in [0.1, 0.15) is 37.7 Å². The molecule has 2 aliphatic rings. The summed E-state index contributed by atoms with van der Waals surface area (Å²) in [6.45, 7) is 3.65. The molecule has 0 aromatic heterocycles. The second kappa shape index (κ2) is 9.67. The zero-order valence-electron chi connectivity index (χ0n) is 15.8. The summed E-state index contributed by atoms with van der Waals surface area (Å²) >= 11 is 0. The Labute approximate surface area is 170 Å². The lowest BCUT2D eigenvalue weighted by Gasteiger charge is -2.34. The molecule has 1 aromatic carbocycles. The van der Waals surface area contributed by atoms with Gasteiger partial charge in [-0.2, -0.15) is 4.31 Å². The molecule has 0 spiro atoms. The van der Waals surface area contributed by atoms with Gasteiger partial charge in [0, 0.05) is 43.6 Å². The molecule has 2 aliphatic heterocycles. The molecular weight excluding hydrogens is 400 g/mol. The van der Waals surface area contributed by atoms with Gasteiger partial charge in [0.05, 0.1) is 4.90 Å². The van der Waals surface area contributed by atoms with E-state index in [0.717, 1.165) is 23.7 Å². The fraction of sp³-hybridized carbons (Fsp3) is 0.632. The molecule has 1 atom stereocenters. The topological polar surface area (TPSA) is 57.7 Å². The van der Waals surface area contributed by atoms with Gasteiger partial charge in [-0.25, -0.2) is 8.42 Å². The summed E-state index contributed by atoms with van der Waals surface area (Å²) in [5.74, 6) is 1.42. The number of sulfonamides is 1. The van der Waals surface area contributed by atoms with E-state index in [0.29, 0.717) is 37.5 Å². The van der Waals surface area contributed by atoms with Crippen molar-refractivity contribution in [3.63, 3.8) is 0 Å². The number of piperazine rings is 1. The maximum atomic E-state index is 12.7. The van der Waals surface area contributed by atoms with Crippen molar-refractivity contribution in [3.8, 4) is 0 Å². The summed E-state index contributed by atoms with van der Waals surface area (Å²) in [5.41, 5.74) is 1.04. The van der Waals surface area contributed by atoms with Crippen molar-refractivity contribution in [1.82, 2.24) is 9.21 Å². The van der Waals surface area contributed by atoms with Crippen molar-refractivity contribution in [2.45, 2.75) is 49.2 Å². The molecule has 2 fully saturated rings. The summed E-state index contributed by atoms with van der Waals surface area (Å²) in [6.07, 6.45) is 5.11. The molecule has 1 amide bonds. The summed E-state index contributed by atoms with van der Waals surface area (Å²) in [5, 5.41) is 0.764. The summed E-state index contributed by atoms with van der Waals surface area (Å²) in [7, 11) is 0.480. The third-order valence-electron chi connectivity index (χ3n) is 5.14. The number of benzene rings is 1. The fourth-order valence-corrected chi connectivity index (χ4v) is 7.86. The van der Waals surface area contributed by atoms with Gasteiger partial charge in [-0.05, 0) is 38.3 Å². The number of amides is 1. The normalized spacial score (nSPS) is 21.5. The first-order valence-electron chi connectivity index (χ1n) is 9.60. The predicted molar refractivity (Wildman–Crippen MR) is 113 cm³/mol. The Hall–Kier alpha value is -0.700. The molecule has 5 nitrogen and oxygen atoms in total. The maximum absolute atomic E-state index is 12.7. The molecule has 1 aromatic rings. The predicted octanol–water partition coefficient (Wildman–Crippen LogP) is 3.54. The van der Waals surface area contributed by atoms with Gasteiger partial charge in [0.2, 0.25) is 15.9 Å². The van der Waals surface area contributed by atoms with E-state index in [9.17, 15) is 13.2 Å². The van der Waals surface area contributed by atoms with Crippen molar-refractivity contribution in [2.75, 3.05) is 31.9 Å². The minimum atomic E-state index is -3.47. The van der Waals surface area contributed by atoms with Gasteiger partial charge in [0.15, 0.2) is 0 Å². The number of hydrogen-bond acceptors (Lipinski definition) is 5. The highest BCUT2D eigenvalue weighted by Crippen LogP contribution is 2.39. The van der Waals surface area contributed by atoms with Crippen LogP contribution in [0.5, 0.6) is 0 Å². The third-order valence-corrected chi connectivity index (χ3v) is 10.1. The first-order chi connectivity index (χ1) is 13.0. The van der Waals surface area contributed by atoms with Gasteiger partial charge < -0.3 is 4.90 Å². The van der Waals surface area contributed by atoms with Gasteiger partial charge in [0.1, 0.15) is 0 Å². The van der Waals surface area contributed by atoms with E-state index in [2.05, 4.69) is 0 Å². The number of carbonyl (C=O) groups excluding carboxylic acids is 1. The van der Waals surface area contributed by atoms with Crippen molar-refractivity contribution in [2.24, 2.45) is 0 Å². The van der Waals surface area contributed by atoms with Crippen LogP contribution >= 0.6 is 21.6 Å². The first-order valence-corrected chi connectivity index (χ1v) is 13.4. The van der Waals surface area contributed by atoms with Gasteiger partial charge in [-0.3, -0.25) is 4.79 Å². The quantitative estimate of drug-likeness (QED) is 0.491. The number of unbranched alkanes of at least 4 members (excludes halogenated alkanes) is 1. The molecule has 0 saturated carbocycles. The van der Waals surface area contributed by atoms with Gasteiger partial charge in [-0.15, -0.1) is 0 Å². The zero-order valence-corrected chi connectivity index (χ0v) is 18.3. The fourth-order valence-electron chi connectivity index (χ4n) is 3.41.